The molecule has 3 rings (SSSR count). The molecule has 2 fully saturated rings. The molecular weight excluding hydrogens is 340 g/mol. The van der Waals surface area contributed by atoms with E-state index >= 15 is 0 Å². The highest BCUT2D eigenvalue weighted by atomic mass is 16.5. The molecule has 2 aliphatic rings. The lowest BCUT2D eigenvalue weighted by molar-refractivity contribution is -0.126. The summed E-state index contributed by atoms with van der Waals surface area (Å²) >= 11 is 0. The van der Waals surface area contributed by atoms with E-state index in [4.69, 9.17) is 9.47 Å². The molecule has 2 unspecified atom stereocenters. The average Bonchev–Trinajstić information content (AvgIpc) is 3.41. The number of carbonyl (C=O) groups excluding carboxylic acids is 1. The first-order valence-electron chi connectivity index (χ1n) is 10.4. The summed E-state index contributed by atoms with van der Waals surface area (Å²) in [5, 5.41) is 3.25. The lowest BCUT2D eigenvalue weighted by Gasteiger charge is -2.29. The first kappa shape index (κ1) is 20.0. The van der Waals surface area contributed by atoms with Gasteiger partial charge in [-0.15, -0.1) is 0 Å². The van der Waals surface area contributed by atoms with Gasteiger partial charge in [-0.3, -0.25) is 9.69 Å². The van der Waals surface area contributed by atoms with E-state index in [1.165, 1.54) is 44.1 Å². The minimum atomic E-state index is 0.108. The van der Waals surface area contributed by atoms with Crippen LogP contribution in [0.4, 0.5) is 0 Å². The quantitative estimate of drug-likeness (QED) is 0.752. The Morgan fingerprint density at radius 2 is 1.78 bits per heavy atom. The van der Waals surface area contributed by atoms with Crippen molar-refractivity contribution in [3.63, 3.8) is 0 Å². The molecule has 1 heterocycles. The molecule has 1 saturated heterocycles. The molecule has 1 amide bonds. The van der Waals surface area contributed by atoms with Crippen LogP contribution >= 0.6 is 0 Å². The molecule has 0 radical (unpaired) electrons. The molecule has 27 heavy (non-hydrogen) atoms. The van der Waals surface area contributed by atoms with Crippen molar-refractivity contribution in [2.45, 2.75) is 51.5 Å². The van der Waals surface area contributed by atoms with Crippen molar-refractivity contribution in [1.82, 2.24) is 10.2 Å². The van der Waals surface area contributed by atoms with Gasteiger partial charge in [-0.2, -0.15) is 0 Å². The zero-order chi connectivity index (χ0) is 19.2. The normalized spacial score (nSPS) is 20.4. The SMILES string of the molecule is COc1ccc(C(CNC(=O)C(C)C2CCCC2)N2CCCC2)cc1OC. The van der Waals surface area contributed by atoms with Crippen LogP contribution in [0.5, 0.6) is 11.5 Å². The maximum atomic E-state index is 12.7. The molecule has 0 spiro atoms. The molecule has 150 valence electrons. The van der Waals surface area contributed by atoms with Crippen molar-refractivity contribution < 1.29 is 14.3 Å². The number of likely N-dealkylation sites (tertiary alicyclic amines) is 1. The van der Waals surface area contributed by atoms with E-state index in [1.54, 1.807) is 14.2 Å². The third-order valence-electron chi connectivity index (χ3n) is 6.36. The maximum Gasteiger partial charge on any atom is 0.223 e. The number of rotatable bonds is 8. The van der Waals surface area contributed by atoms with Crippen LogP contribution < -0.4 is 14.8 Å². The Kier molecular flexibility index (Phi) is 7.00. The third kappa shape index (κ3) is 4.75. The van der Waals surface area contributed by atoms with Gasteiger partial charge in [-0.1, -0.05) is 25.8 Å². The predicted molar refractivity (Wildman–Crippen MR) is 107 cm³/mol. The van der Waals surface area contributed by atoms with Crippen molar-refractivity contribution >= 4 is 5.91 Å². The number of carbonyl (C=O) groups is 1. The van der Waals surface area contributed by atoms with Crippen molar-refractivity contribution in [2.24, 2.45) is 11.8 Å². The van der Waals surface area contributed by atoms with E-state index in [2.05, 4.69) is 23.2 Å². The summed E-state index contributed by atoms with van der Waals surface area (Å²) < 4.78 is 10.9. The van der Waals surface area contributed by atoms with Crippen LogP contribution in [0.2, 0.25) is 0 Å². The highest BCUT2D eigenvalue weighted by molar-refractivity contribution is 5.78. The number of hydrogen-bond donors (Lipinski definition) is 1. The number of ether oxygens (including phenoxy) is 2. The molecule has 1 aliphatic heterocycles. The van der Waals surface area contributed by atoms with Crippen LogP contribution in [0.25, 0.3) is 0 Å². The number of methoxy groups -OCH3 is 2. The van der Waals surface area contributed by atoms with Crippen LogP contribution in [0, 0.1) is 11.8 Å². The first-order chi connectivity index (χ1) is 13.1. The lowest BCUT2D eigenvalue weighted by atomic mass is 9.92. The standard InChI is InChI=1S/C22H34N2O3/c1-16(17-8-4-5-9-17)22(25)23-15-19(24-12-6-7-13-24)18-10-11-20(26-2)21(14-18)27-3/h10-11,14,16-17,19H,4-9,12-13,15H2,1-3H3,(H,23,25). The highest BCUT2D eigenvalue weighted by Crippen LogP contribution is 2.34. The summed E-state index contributed by atoms with van der Waals surface area (Å²) in [5.41, 5.74) is 1.17. The topological polar surface area (TPSA) is 50.8 Å². The van der Waals surface area contributed by atoms with Crippen LogP contribution in [-0.4, -0.2) is 44.7 Å². The van der Waals surface area contributed by atoms with Gasteiger partial charge in [0.2, 0.25) is 5.91 Å². The number of nitrogens with one attached hydrogen (secondary N) is 1. The molecule has 1 saturated carbocycles. The Labute approximate surface area is 163 Å². The summed E-state index contributed by atoms with van der Waals surface area (Å²) in [6, 6.07) is 6.28. The minimum absolute atomic E-state index is 0.108. The second-order valence-electron chi connectivity index (χ2n) is 7.95. The fraction of sp³-hybridized carbons (Fsp3) is 0.682. The number of nitrogens with zero attached hydrogens (tertiary/aromatic N) is 1. The second-order valence-corrected chi connectivity index (χ2v) is 7.95. The van der Waals surface area contributed by atoms with Gasteiger partial charge >= 0.3 is 0 Å². The average molecular weight is 375 g/mol. The summed E-state index contributed by atoms with van der Waals surface area (Å²) in [6.45, 7) is 4.89. The molecule has 5 heteroatoms. The largest absolute Gasteiger partial charge is 0.493 e. The molecule has 2 atom stereocenters. The number of benzene rings is 1. The smallest absolute Gasteiger partial charge is 0.223 e. The van der Waals surface area contributed by atoms with Crippen molar-refractivity contribution in [1.29, 1.82) is 0 Å². The van der Waals surface area contributed by atoms with Gasteiger partial charge in [0.15, 0.2) is 11.5 Å². The molecule has 0 aromatic heterocycles. The van der Waals surface area contributed by atoms with E-state index in [9.17, 15) is 4.79 Å². The molecule has 1 aliphatic carbocycles. The molecule has 5 nitrogen and oxygen atoms in total. The number of hydrogen-bond acceptors (Lipinski definition) is 4. The Morgan fingerprint density at radius 3 is 2.41 bits per heavy atom. The maximum absolute atomic E-state index is 12.7. The van der Waals surface area contributed by atoms with Gasteiger partial charge < -0.3 is 14.8 Å². The van der Waals surface area contributed by atoms with Crippen LogP contribution in [-0.2, 0) is 4.79 Å². The highest BCUT2D eigenvalue weighted by Gasteiger charge is 2.29. The van der Waals surface area contributed by atoms with Gasteiger partial charge in [-0.25, -0.2) is 0 Å². The molecule has 1 N–H and O–H groups in total. The zero-order valence-electron chi connectivity index (χ0n) is 17.0. The first-order valence-corrected chi connectivity index (χ1v) is 10.4. The Balaban J connectivity index is 1.71. The molecular formula is C22H34N2O3. The lowest BCUT2D eigenvalue weighted by Crippen LogP contribution is -2.40. The van der Waals surface area contributed by atoms with E-state index < -0.39 is 0 Å². The van der Waals surface area contributed by atoms with Crippen LogP contribution in [0.3, 0.4) is 0 Å². The van der Waals surface area contributed by atoms with Crippen molar-refractivity contribution in [3.8, 4) is 11.5 Å². The summed E-state index contributed by atoms with van der Waals surface area (Å²) in [7, 11) is 3.32. The molecule has 1 aromatic carbocycles. The summed E-state index contributed by atoms with van der Waals surface area (Å²) in [6.07, 6.45) is 7.36. The predicted octanol–water partition coefficient (Wildman–Crippen LogP) is 3.78. The second kappa shape index (κ2) is 9.45. The zero-order valence-corrected chi connectivity index (χ0v) is 17.0. The van der Waals surface area contributed by atoms with Crippen LogP contribution in [0.1, 0.15) is 57.1 Å². The fourth-order valence-electron chi connectivity index (χ4n) is 4.60. The number of amides is 1. The van der Waals surface area contributed by atoms with Crippen molar-refractivity contribution in [2.75, 3.05) is 33.9 Å². The Hall–Kier alpha value is -1.75. The van der Waals surface area contributed by atoms with E-state index in [-0.39, 0.29) is 17.9 Å². The summed E-state index contributed by atoms with van der Waals surface area (Å²) in [4.78, 5) is 15.2. The van der Waals surface area contributed by atoms with Gasteiger partial charge in [0.25, 0.3) is 0 Å². The van der Waals surface area contributed by atoms with Crippen LogP contribution in [0.15, 0.2) is 18.2 Å². The van der Waals surface area contributed by atoms with Gasteiger partial charge in [0, 0.05) is 12.5 Å². The van der Waals surface area contributed by atoms with E-state index in [0.717, 1.165) is 24.6 Å². The van der Waals surface area contributed by atoms with Crippen molar-refractivity contribution in [3.05, 3.63) is 23.8 Å². The minimum Gasteiger partial charge on any atom is -0.493 e. The monoisotopic (exact) mass is 374 g/mol. The van der Waals surface area contributed by atoms with Gasteiger partial charge in [0.05, 0.1) is 20.3 Å². The Bertz CT molecular complexity index is 622. The fourth-order valence-corrected chi connectivity index (χ4v) is 4.60. The Morgan fingerprint density at radius 1 is 1.11 bits per heavy atom. The molecule has 0 bridgehead atoms. The van der Waals surface area contributed by atoms with E-state index in [1.807, 2.05) is 12.1 Å². The van der Waals surface area contributed by atoms with E-state index in [0.29, 0.717) is 12.5 Å². The summed E-state index contributed by atoms with van der Waals surface area (Å²) in [5.74, 6) is 2.34. The van der Waals surface area contributed by atoms with Gasteiger partial charge in [0.1, 0.15) is 0 Å². The van der Waals surface area contributed by atoms with Gasteiger partial charge in [-0.05, 0) is 62.4 Å². The third-order valence-corrected chi connectivity index (χ3v) is 6.36. The molecule has 1 aromatic rings.